The average molecular weight is 404 g/mol. The second-order valence-corrected chi connectivity index (χ2v) is 7.66. The SMILES string of the molecule is O=[N+]([O-])c1cccc(O)c1CN1CCC[C@H]1C(O)(c1ccccc1)c1ccccc1. The first-order valence-corrected chi connectivity index (χ1v) is 10.0. The van der Waals surface area contributed by atoms with Crippen LogP contribution in [0.5, 0.6) is 5.75 Å². The molecule has 30 heavy (non-hydrogen) atoms. The van der Waals surface area contributed by atoms with Crippen molar-refractivity contribution in [3.63, 3.8) is 0 Å². The first-order valence-electron chi connectivity index (χ1n) is 10.0. The van der Waals surface area contributed by atoms with Gasteiger partial charge in [0.1, 0.15) is 11.4 Å². The summed E-state index contributed by atoms with van der Waals surface area (Å²) < 4.78 is 0. The number of nitro benzene ring substituents is 1. The summed E-state index contributed by atoms with van der Waals surface area (Å²) in [6.07, 6.45) is 1.59. The summed E-state index contributed by atoms with van der Waals surface area (Å²) in [5, 5.41) is 33.9. The van der Waals surface area contributed by atoms with Gasteiger partial charge in [-0.1, -0.05) is 66.7 Å². The zero-order valence-electron chi connectivity index (χ0n) is 16.5. The van der Waals surface area contributed by atoms with Crippen LogP contribution in [0.2, 0.25) is 0 Å². The number of aromatic hydroxyl groups is 1. The number of nitrogens with zero attached hydrogens (tertiary/aromatic N) is 2. The Bertz CT molecular complexity index is 984. The quantitative estimate of drug-likeness (QED) is 0.475. The molecule has 1 heterocycles. The second kappa shape index (κ2) is 8.26. The molecule has 0 aliphatic carbocycles. The fraction of sp³-hybridized carbons (Fsp3) is 0.250. The maximum atomic E-state index is 12.1. The Hall–Kier alpha value is -3.22. The highest BCUT2D eigenvalue weighted by Crippen LogP contribution is 2.42. The molecule has 1 aliphatic heterocycles. The van der Waals surface area contributed by atoms with Gasteiger partial charge in [-0.3, -0.25) is 15.0 Å². The zero-order valence-corrected chi connectivity index (χ0v) is 16.5. The van der Waals surface area contributed by atoms with Crippen molar-refractivity contribution in [1.29, 1.82) is 0 Å². The van der Waals surface area contributed by atoms with Crippen LogP contribution in [0.1, 0.15) is 29.5 Å². The van der Waals surface area contributed by atoms with Gasteiger partial charge in [0.2, 0.25) is 0 Å². The minimum absolute atomic E-state index is 0.0992. The van der Waals surface area contributed by atoms with Crippen LogP contribution in [0.4, 0.5) is 5.69 Å². The van der Waals surface area contributed by atoms with E-state index in [1.807, 2.05) is 65.6 Å². The van der Waals surface area contributed by atoms with Crippen molar-refractivity contribution in [1.82, 2.24) is 4.90 Å². The molecular weight excluding hydrogens is 380 g/mol. The van der Waals surface area contributed by atoms with E-state index in [2.05, 4.69) is 0 Å². The summed E-state index contributed by atoms with van der Waals surface area (Å²) in [6, 6.07) is 23.1. The highest BCUT2D eigenvalue weighted by atomic mass is 16.6. The average Bonchev–Trinajstić information content (AvgIpc) is 3.24. The monoisotopic (exact) mass is 404 g/mol. The first kappa shape index (κ1) is 20.1. The van der Waals surface area contributed by atoms with Crippen molar-refractivity contribution in [3.05, 3.63) is 106 Å². The fourth-order valence-corrected chi connectivity index (χ4v) is 4.52. The summed E-state index contributed by atoms with van der Waals surface area (Å²) in [4.78, 5) is 13.1. The molecule has 0 spiro atoms. The van der Waals surface area contributed by atoms with Crippen LogP contribution in [0, 0.1) is 10.1 Å². The molecule has 0 radical (unpaired) electrons. The van der Waals surface area contributed by atoms with Gasteiger partial charge in [0.05, 0.1) is 10.5 Å². The lowest BCUT2D eigenvalue weighted by molar-refractivity contribution is -0.385. The maximum absolute atomic E-state index is 12.1. The molecule has 6 nitrogen and oxygen atoms in total. The number of benzene rings is 3. The van der Waals surface area contributed by atoms with Crippen molar-refractivity contribution < 1.29 is 15.1 Å². The van der Waals surface area contributed by atoms with E-state index < -0.39 is 10.5 Å². The van der Waals surface area contributed by atoms with Crippen molar-refractivity contribution in [2.45, 2.75) is 31.0 Å². The number of phenolic OH excluding ortho intramolecular Hbond substituents is 1. The Morgan fingerprint density at radius 2 is 1.57 bits per heavy atom. The van der Waals surface area contributed by atoms with E-state index in [1.54, 1.807) is 0 Å². The minimum Gasteiger partial charge on any atom is -0.507 e. The summed E-state index contributed by atoms with van der Waals surface area (Å²) in [5.74, 6) is -0.0992. The molecule has 3 aromatic rings. The maximum Gasteiger partial charge on any atom is 0.277 e. The molecule has 0 aromatic heterocycles. The molecule has 1 fully saturated rings. The molecule has 4 rings (SSSR count). The molecule has 154 valence electrons. The van der Waals surface area contributed by atoms with Crippen LogP contribution in [-0.4, -0.2) is 32.6 Å². The highest BCUT2D eigenvalue weighted by molar-refractivity contribution is 5.49. The van der Waals surface area contributed by atoms with Gasteiger partial charge in [0.15, 0.2) is 0 Å². The van der Waals surface area contributed by atoms with Crippen LogP contribution >= 0.6 is 0 Å². The third-order valence-corrected chi connectivity index (χ3v) is 5.96. The molecule has 6 heteroatoms. The Morgan fingerprint density at radius 1 is 0.967 bits per heavy atom. The van der Waals surface area contributed by atoms with Crippen LogP contribution in [0.3, 0.4) is 0 Å². The Labute approximate surface area is 175 Å². The number of hydrogen-bond acceptors (Lipinski definition) is 5. The lowest BCUT2D eigenvalue weighted by atomic mass is 9.79. The molecule has 1 atom stereocenters. The number of rotatable bonds is 6. The van der Waals surface area contributed by atoms with E-state index in [9.17, 15) is 20.3 Å². The van der Waals surface area contributed by atoms with Gasteiger partial charge in [0.25, 0.3) is 5.69 Å². The predicted molar refractivity (Wildman–Crippen MR) is 114 cm³/mol. The van der Waals surface area contributed by atoms with Gasteiger partial charge in [0, 0.05) is 18.7 Å². The Kier molecular flexibility index (Phi) is 5.53. The third kappa shape index (κ3) is 3.56. The molecular formula is C24H24N2O4. The number of phenols is 1. The van der Waals surface area contributed by atoms with Gasteiger partial charge < -0.3 is 10.2 Å². The molecule has 2 N–H and O–H groups in total. The Morgan fingerprint density at radius 3 is 2.13 bits per heavy atom. The third-order valence-electron chi connectivity index (χ3n) is 5.96. The Balaban J connectivity index is 1.77. The topological polar surface area (TPSA) is 86.8 Å². The standard InChI is InChI=1S/C24H24N2O4/c27-22-14-7-13-21(26(29)30)20(22)17-25-16-8-15-23(25)24(28,18-9-3-1-4-10-18)19-11-5-2-6-12-19/h1-7,9-14,23,27-28H,8,15-17H2/t23-/m0/s1. The van der Waals surface area contributed by atoms with Gasteiger partial charge in [-0.05, 0) is 36.6 Å². The second-order valence-electron chi connectivity index (χ2n) is 7.66. The summed E-state index contributed by atoms with van der Waals surface area (Å²) in [6.45, 7) is 0.869. The van der Waals surface area contributed by atoms with Crippen LogP contribution in [0.15, 0.2) is 78.9 Å². The summed E-state index contributed by atoms with van der Waals surface area (Å²) in [7, 11) is 0. The van der Waals surface area contributed by atoms with Gasteiger partial charge in [-0.15, -0.1) is 0 Å². The number of nitro groups is 1. The van der Waals surface area contributed by atoms with Gasteiger partial charge in [-0.25, -0.2) is 0 Å². The molecule has 0 amide bonds. The van der Waals surface area contributed by atoms with Crippen molar-refractivity contribution in [2.24, 2.45) is 0 Å². The van der Waals surface area contributed by atoms with E-state index in [0.29, 0.717) is 6.54 Å². The molecule has 1 saturated heterocycles. The highest BCUT2D eigenvalue weighted by Gasteiger charge is 2.45. The smallest absolute Gasteiger partial charge is 0.277 e. The normalized spacial score (nSPS) is 17.2. The molecule has 3 aromatic carbocycles. The van der Waals surface area contributed by atoms with Crippen molar-refractivity contribution in [2.75, 3.05) is 6.54 Å². The number of hydrogen-bond donors (Lipinski definition) is 2. The predicted octanol–water partition coefficient (Wildman–Crippen LogP) is 4.20. The molecule has 0 unspecified atom stereocenters. The lowest BCUT2D eigenvalue weighted by Gasteiger charge is -2.40. The van der Waals surface area contributed by atoms with E-state index in [1.165, 1.54) is 18.2 Å². The summed E-state index contributed by atoms with van der Waals surface area (Å²) >= 11 is 0. The van der Waals surface area contributed by atoms with Gasteiger partial charge in [-0.2, -0.15) is 0 Å². The lowest BCUT2D eigenvalue weighted by Crippen LogP contribution is -2.48. The molecule has 0 saturated carbocycles. The fourth-order valence-electron chi connectivity index (χ4n) is 4.52. The first-order chi connectivity index (χ1) is 14.5. The largest absolute Gasteiger partial charge is 0.507 e. The van der Waals surface area contributed by atoms with E-state index in [0.717, 1.165) is 24.0 Å². The molecule has 0 bridgehead atoms. The van der Waals surface area contributed by atoms with Crippen LogP contribution < -0.4 is 0 Å². The van der Waals surface area contributed by atoms with Gasteiger partial charge >= 0.3 is 0 Å². The van der Waals surface area contributed by atoms with Crippen molar-refractivity contribution >= 4 is 5.69 Å². The summed E-state index contributed by atoms with van der Waals surface area (Å²) in [5.41, 5.74) is 0.444. The van der Waals surface area contributed by atoms with E-state index in [-0.39, 0.29) is 29.6 Å². The van der Waals surface area contributed by atoms with Crippen molar-refractivity contribution in [3.8, 4) is 5.75 Å². The zero-order chi connectivity index (χ0) is 21.1. The molecule has 1 aliphatic rings. The van der Waals surface area contributed by atoms with E-state index in [4.69, 9.17) is 0 Å². The van der Waals surface area contributed by atoms with Crippen LogP contribution in [0.25, 0.3) is 0 Å². The van der Waals surface area contributed by atoms with Crippen LogP contribution in [-0.2, 0) is 12.1 Å². The number of likely N-dealkylation sites (tertiary alicyclic amines) is 1. The minimum atomic E-state index is -1.28. The van der Waals surface area contributed by atoms with E-state index >= 15 is 0 Å². The number of aliphatic hydroxyl groups is 1.